The maximum atomic E-state index is 12.0. The predicted octanol–water partition coefficient (Wildman–Crippen LogP) is 6.21. The van der Waals surface area contributed by atoms with E-state index in [-0.39, 0.29) is 11.6 Å². The molecule has 1 unspecified atom stereocenters. The van der Waals surface area contributed by atoms with E-state index < -0.39 is 13.9 Å². The van der Waals surface area contributed by atoms with Crippen molar-refractivity contribution in [3.63, 3.8) is 0 Å². The summed E-state index contributed by atoms with van der Waals surface area (Å²) in [5.41, 5.74) is 3.60. The minimum Gasteiger partial charge on any atom is -0.489 e. The van der Waals surface area contributed by atoms with Gasteiger partial charge in [0.1, 0.15) is 12.4 Å². The van der Waals surface area contributed by atoms with Crippen LogP contribution in [0.25, 0.3) is 10.9 Å². The van der Waals surface area contributed by atoms with E-state index in [0.717, 1.165) is 45.5 Å². The van der Waals surface area contributed by atoms with Gasteiger partial charge in [-0.25, -0.2) is 0 Å². The standard InChI is InChI=1S/C28H34N2O4Si/c1-20-15-22(24-9-7-8-10-25(24)29-20)17-32-23-13-11-21(12-14-23)26-16-28(18-31,34-30-26)19-33-35(5,6)27(2,3)4/h7-15,18H,16-17,19H2,1-6H3. The first-order valence-electron chi connectivity index (χ1n) is 12.0. The summed E-state index contributed by atoms with van der Waals surface area (Å²) < 4.78 is 12.3. The lowest BCUT2D eigenvalue weighted by atomic mass is 9.96. The highest BCUT2D eigenvalue weighted by molar-refractivity contribution is 6.74. The molecular weight excluding hydrogens is 456 g/mol. The van der Waals surface area contributed by atoms with Crippen molar-refractivity contribution in [2.45, 2.75) is 64.5 Å². The molecule has 7 heteroatoms. The van der Waals surface area contributed by atoms with E-state index in [9.17, 15) is 4.79 Å². The van der Waals surface area contributed by atoms with Crippen LogP contribution in [0.15, 0.2) is 59.8 Å². The molecule has 0 bridgehead atoms. The monoisotopic (exact) mass is 490 g/mol. The first-order chi connectivity index (χ1) is 16.5. The highest BCUT2D eigenvalue weighted by Crippen LogP contribution is 2.38. The number of hydrogen-bond donors (Lipinski definition) is 0. The quantitative estimate of drug-likeness (QED) is 0.277. The fourth-order valence-corrected chi connectivity index (χ4v) is 4.80. The van der Waals surface area contributed by atoms with E-state index in [0.29, 0.717) is 13.0 Å². The molecule has 0 saturated carbocycles. The summed E-state index contributed by atoms with van der Waals surface area (Å²) in [6, 6.07) is 17.9. The summed E-state index contributed by atoms with van der Waals surface area (Å²) in [5, 5.41) is 5.38. The molecule has 0 aliphatic carbocycles. The van der Waals surface area contributed by atoms with Gasteiger partial charge in [-0.15, -0.1) is 0 Å². The van der Waals surface area contributed by atoms with Crippen molar-refractivity contribution in [2.24, 2.45) is 5.16 Å². The Hall–Kier alpha value is -3.03. The lowest BCUT2D eigenvalue weighted by molar-refractivity contribution is -0.132. The zero-order chi connectivity index (χ0) is 25.3. The Labute approximate surface area is 208 Å². The van der Waals surface area contributed by atoms with Crippen molar-refractivity contribution in [3.8, 4) is 5.75 Å². The summed E-state index contributed by atoms with van der Waals surface area (Å²) in [6.45, 7) is 13.5. The van der Waals surface area contributed by atoms with E-state index in [1.165, 1.54) is 0 Å². The minimum absolute atomic E-state index is 0.0520. The molecular formula is C28H34N2O4Si. The van der Waals surface area contributed by atoms with Gasteiger partial charge in [-0.3, -0.25) is 9.78 Å². The van der Waals surface area contributed by atoms with E-state index >= 15 is 0 Å². The van der Waals surface area contributed by atoms with Gasteiger partial charge >= 0.3 is 0 Å². The number of oxime groups is 1. The van der Waals surface area contributed by atoms with Crippen LogP contribution in [0.4, 0.5) is 0 Å². The van der Waals surface area contributed by atoms with Crippen LogP contribution in [0.3, 0.4) is 0 Å². The largest absolute Gasteiger partial charge is 0.489 e. The first-order valence-corrected chi connectivity index (χ1v) is 14.9. The molecule has 0 spiro atoms. The second-order valence-electron chi connectivity index (χ2n) is 10.8. The third-order valence-electron chi connectivity index (χ3n) is 7.01. The lowest BCUT2D eigenvalue weighted by Crippen LogP contribution is -2.47. The summed E-state index contributed by atoms with van der Waals surface area (Å²) in [6.07, 6.45) is 1.21. The van der Waals surface area contributed by atoms with Crippen molar-refractivity contribution < 1.29 is 18.8 Å². The second-order valence-corrected chi connectivity index (χ2v) is 15.6. The van der Waals surface area contributed by atoms with Gasteiger partial charge in [0.2, 0.25) is 5.60 Å². The number of pyridine rings is 1. The normalized spacial score (nSPS) is 18.3. The molecule has 6 nitrogen and oxygen atoms in total. The van der Waals surface area contributed by atoms with Gasteiger partial charge in [0.15, 0.2) is 14.6 Å². The number of rotatable bonds is 8. The fourth-order valence-electron chi connectivity index (χ4n) is 3.76. The molecule has 0 radical (unpaired) electrons. The number of aryl methyl sites for hydroxylation is 1. The number of ether oxygens (including phenoxy) is 1. The van der Waals surface area contributed by atoms with Crippen LogP contribution in [0.5, 0.6) is 5.75 Å². The summed E-state index contributed by atoms with van der Waals surface area (Å²) in [7, 11) is -2.01. The number of aldehydes is 1. The molecule has 184 valence electrons. The SMILES string of the molecule is Cc1cc(COc2ccc(C3=NOC(C=O)(CO[Si](C)(C)C(C)(C)C)C3)cc2)c2ccccc2n1. The van der Waals surface area contributed by atoms with Gasteiger partial charge in [0, 0.05) is 23.1 Å². The first kappa shape index (κ1) is 25.1. The van der Waals surface area contributed by atoms with Crippen LogP contribution in [-0.2, 0) is 20.7 Å². The molecule has 35 heavy (non-hydrogen) atoms. The number of aromatic nitrogens is 1. The Bertz CT molecular complexity index is 1250. The molecule has 1 aliphatic heterocycles. The highest BCUT2D eigenvalue weighted by Gasteiger charge is 2.44. The number of para-hydroxylation sites is 1. The van der Waals surface area contributed by atoms with Crippen molar-refractivity contribution in [3.05, 3.63) is 71.4 Å². The summed E-state index contributed by atoms with van der Waals surface area (Å²) in [5.74, 6) is 0.759. The van der Waals surface area contributed by atoms with Crippen molar-refractivity contribution in [1.82, 2.24) is 4.98 Å². The number of benzene rings is 2. The summed E-state index contributed by atoms with van der Waals surface area (Å²) >= 11 is 0. The minimum atomic E-state index is -2.01. The molecule has 0 N–H and O–H groups in total. The van der Waals surface area contributed by atoms with E-state index in [1.807, 2.05) is 49.4 Å². The molecule has 4 rings (SSSR count). The average molecular weight is 491 g/mol. The smallest absolute Gasteiger partial charge is 0.219 e. The highest BCUT2D eigenvalue weighted by atomic mass is 28.4. The van der Waals surface area contributed by atoms with E-state index in [1.54, 1.807) is 0 Å². The average Bonchev–Trinajstić information content (AvgIpc) is 3.26. The van der Waals surface area contributed by atoms with Crippen LogP contribution < -0.4 is 4.74 Å². The number of hydrogen-bond acceptors (Lipinski definition) is 6. The van der Waals surface area contributed by atoms with Crippen molar-refractivity contribution >= 4 is 31.2 Å². The molecule has 1 atom stereocenters. The number of nitrogens with zero attached hydrogens (tertiary/aromatic N) is 2. The maximum Gasteiger partial charge on any atom is 0.219 e. The topological polar surface area (TPSA) is 70.0 Å². The zero-order valence-electron chi connectivity index (χ0n) is 21.4. The van der Waals surface area contributed by atoms with Crippen molar-refractivity contribution in [2.75, 3.05) is 6.61 Å². The van der Waals surface area contributed by atoms with Crippen LogP contribution in [-0.4, -0.2) is 37.5 Å². The Kier molecular flexibility index (Phi) is 6.84. The predicted molar refractivity (Wildman–Crippen MR) is 141 cm³/mol. The Morgan fingerprint density at radius 1 is 1.11 bits per heavy atom. The van der Waals surface area contributed by atoms with Crippen molar-refractivity contribution in [1.29, 1.82) is 0 Å². The van der Waals surface area contributed by atoms with Crippen LogP contribution >= 0.6 is 0 Å². The molecule has 1 aliphatic rings. The summed E-state index contributed by atoms with van der Waals surface area (Å²) in [4.78, 5) is 22.2. The zero-order valence-corrected chi connectivity index (χ0v) is 22.4. The lowest BCUT2D eigenvalue weighted by Gasteiger charge is -2.37. The van der Waals surface area contributed by atoms with Gasteiger partial charge in [0.05, 0.1) is 17.8 Å². The molecule has 1 aromatic heterocycles. The molecule has 2 aromatic carbocycles. The number of fused-ring (bicyclic) bond motifs is 1. The second kappa shape index (κ2) is 9.55. The van der Waals surface area contributed by atoms with Crippen LogP contribution in [0.2, 0.25) is 18.1 Å². The van der Waals surface area contributed by atoms with Crippen LogP contribution in [0.1, 0.15) is 44.0 Å². The number of carbonyl (C=O) groups is 1. The Balaban J connectivity index is 1.40. The van der Waals surface area contributed by atoms with E-state index in [2.05, 4.69) is 56.1 Å². The van der Waals surface area contributed by atoms with Gasteiger partial charge in [-0.2, -0.15) is 0 Å². The Morgan fingerprint density at radius 3 is 2.51 bits per heavy atom. The van der Waals surface area contributed by atoms with E-state index in [4.69, 9.17) is 14.0 Å². The third kappa shape index (κ3) is 5.46. The number of carbonyl (C=O) groups excluding carboxylic acids is 1. The van der Waals surface area contributed by atoms with Gasteiger partial charge in [-0.1, -0.05) is 44.1 Å². The fraction of sp³-hybridized carbons (Fsp3) is 0.393. The van der Waals surface area contributed by atoms with Gasteiger partial charge < -0.3 is 14.0 Å². The Morgan fingerprint density at radius 2 is 1.83 bits per heavy atom. The molecule has 3 aromatic rings. The molecule has 0 amide bonds. The third-order valence-corrected chi connectivity index (χ3v) is 11.5. The molecule has 0 saturated heterocycles. The maximum absolute atomic E-state index is 12.0. The molecule has 2 heterocycles. The molecule has 0 fully saturated rings. The van der Waals surface area contributed by atoms with Gasteiger partial charge in [-0.05, 0) is 67.0 Å². The van der Waals surface area contributed by atoms with Crippen LogP contribution in [0, 0.1) is 6.92 Å². The van der Waals surface area contributed by atoms with Gasteiger partial charge in [0.25, 0.3) is 0 Å².